The maximum absolute atomic E-state index is 13.3. The molecule has 1 aliphatic carbocycles. The average Bonchev–Trinajstić information content (AvgIpc) is 3.16. The minimum Gasteiger partial charge on any atom is -0.508 e. The van der Waals surface area contributed by atoms with Crippen LogP contribution in [0.3, 0.4) is 0 Å². The number of phenolic OH excluding ortho intramolecular Hbond substituents is 1. The smallest absolute Gasteiger partial charge is 0.226 e. The van der Waals surface area contributed by atoms with Crippen LogP contribution in [0.15, 0.2) is 59.8 Å². The molecular formula is C25H26N4O3. The summed E-state index contributed by atoms with van der Waals surface area (Å²) in [5.41, 5.74) is 3.26. The van der Waals surface area contributed by atoms with Gasteiger partial charge in [0, 0.05) is 23.3 Å². The molecule has 0 saturated carbocycles. The van der Waals surface area contributed by atoms with E-state index >= 15 is 0 Å². The van der Waals surface area contributed by atoms with E-state index in [4.69, 9.17) is 14.8 Å². The molecule has 7 heteroatoms. The van der Waals surface area contributed by atoms with Gasteiger partial charge in [-0.25, -0.2) is 4.68 Å². The molecule has 3 aromatic rings. The third-order valence-corrected chi connectivity index (χ3v) is 5.96. The number of hydrogen-bond acceptors (Lipinski definition) is 6. The molecule has 32 heavy (non-hydrogen) atoms. The first-order valence-electron chi connectivity index (χ1n) is 10.9. The highest BCUT2D eigenvalue weighted by Crippen LogP contribution is 2.45. The van der Waals surface area contributed by atoms with E-state index in [1.54, 1.807) is 16.8 Å². The summed E-state index contributed by atoms with van der Waals surface area (Å²) in [5.74, 6) is 2.28. The number of aromatic hydroxyl groups is 1. The summed E-state index contributed by atoms with van der Waals surface area (Å²) in [6.45, 7) is 6.77. The Morgan fingerprint density at radius 2 is 1.84 bits per heavy atom. The topological polar surface area (TPSA) is 89.3 Å². The van der Waals surface area contributed by atoms with Crippen molar-refractivity contribution in [3.05, 3.63) is 65.4 Å². The van der Waals surface area contributed by atoms with Crippen LogP contribution in [0.4, 0.5) is 5.95 Å². The number of hydrogen-bond donors (Lipinski definition) is 2. The fourth-order valence-electron chi connectivity index (χ4n) is 4.56. The number of ether oxygens (including phenoxy) is 1. The predicted octanol–water partition coefficient (Wildman–Crippen LogP) is 4.71. The molecule has 0 spiro atoms. The van der Waals surface area contributed by atoms with Gasteiger partial charge in [-0.3, -0.25) is 4.79 Å². The molecule has 2 heterocycles. The van der Waals surface area contributed by atoms with Crippen LogP contribution in [0, 0.1) is 5.41 Å². The second-order valence-electron chi connectivity index (χ2n) is 9.11. The lowest BCUT2D eigenvalue weighted by atomic mass is 9.73. The third-order valence-electron chi connectivity index (χ3n) is 5.96. The Morgan fingerprint density at radius 3 is 2.53 bits per heavy atom. The highest BCUT2D eigenvalue weighted by atomic mass is 16.5. The van der Waals surface area contributed by atoms with Crippen LogP contribution in [0.25, 0.3) is 11.4 Å². The van der Waals surface area contributed by atoms with Gasteiger partial charge < -0.3 is 15.2 Å². The zero-order valence-corrected chi connectivity index (χ0v) is 18.4. The monoisotopic (exact) mass is 430 g/mol. The van der Waals surface area contributed by atoms with E-state index in [1.807, 2.05) is 43.3 Å². The first-order valence-corrected chi connectivity index (χ1v) is 10.9. The van der Waals surface area contributed by atoms with E-state index in [1.165, 1.54) is 0 Å². The van der Waals surface area contributed by atoms with Crippen LogP contribution < -0.4 is 10.1 Å². The van der Waals surface area contributed by atoms with Crippen molar-refractivity contribution in [3.8, 4) is 22.9 Å². The number of rotatable bonds is 4. The fourth-order valence-corrected chi connectivity index (χ4v) is 4.56. The lowest BCUT2D eigenvalue weighted by Gasteiger charge is -2.38. The normalized spacial score (nSPS) is 19.2. The number of benzene rings is 2. The predicted molar refractivity (Wildman–Crippen MR) is 122 cm³/mol. The number of phenols is 1. The summed E-state index contributed by atoms with van der Waals surface area (Å²) in [6.07, 6.45) is 1.24. The molecule has 1 atom stereocenters. The molecule has 164 valence electrons. The Kier molecular flexibility index (Phi) is 4.77. The van der Waals surface area contributed by atoms with Crippen LogP contribution in [0.1, 0.15) is 45.2 Å². The van der Waals surface area contributed by atoms with E-state index in [-0.39, 0.29) is 16.9 Å². The summed E-state index contributed by atoms with van der Waals surface area (Å²) in [6, 6.07) is 14.2. The van der Waals surface area contributed by atoms with Gasteiger partial charge in [0.2, 0.25) is 5.95 Å². The highest BCUT2D eigenvalue weighted by Gasteiger charge is 2.41. The minimum atomic E-state index is -0.394. The molecule has 1 aliphatic heterocycles. The van der Waals surface area contributed by atoms with Crippen LogP contribution in [0.2, 0.25) is 0 Å². The minimum absolute atomic E-state index is 0.116. The van der Waals surface area contributed by atoms with Crippen molar-refractivity contribution in [3.63, 3.8) is 0 Å². The number of ketones is 1. The maximum Gasteiger partial charge on any atom is 0.226 e. The van der Waals surface area contributed by atoms with Gasteiger partial charge >= 0.3 is 0 Å². The van der Waals surface area contributed by atoms with Gasteiger partial charge in [0.05, 0.1) is 6.61 Å². The van der Waals surface area contributed by atoms with Gasteiger partial charge in [-0.1, -0.05) is 26.0 Å². The van der Waals surface area contributed by atoms with E-state index in [0.717, 1.165) is 34.6 Å². The maximum atomic E-state index is 13.3. The molecule has 2 aliphatic rings. The number of allylic oxidation sites excluding steroid dienone is 2. The third kappa shape index (κ3) is 3.53. The molecule has 0 saturated heterocycles. The standard InChI is InChI=1S/C25H26N4O3/c1-4-32-18-11-7-16(8-12-18)23-27-24-26-19-13-25(2,3)14-20(31)21(19)22(29(24)28-23)15-5-9-17(30)10-6-15/h5-12,22,30H,4,13-14H2,1-3H3,(H,26,27,28). The first-order chi connectivity index (χ1) is 15.3. The fraction of sp³-hybridized carbons (Fsp3) is 0.320. The number of carbonyl (C=O) groups is 1. The van der Waals surface area contributed by atoms with E-state index < -0.39 is 6.04 Å². The molecule has 0 bridgehead atoms. The van der Waals surface area contributed by atoms with Crippen LogP contribution in [0.5, 0.6) is 11.5 Å². The molecule has 2 N–H and O–H groups in total. The van der Waals surface area contributed by atoms with Gasteiger partial charge in [0.25, 0.3) is 0 Å². The zero-order valence-electron chi connectivity index (χ0n) is 18.4. The van der Waals surface area contributed by atoms with Gasteiger partial charge in [-0.2, -0.15) is 4.98 Å². The molecule has 2 aromatic carbocycles. The Bertz CT molecular complexity index is 1210. The first kappa shape index (κ1) is 20.3. The van der Waals surface area contributed by atoms with Crippen molar-refractivity contribution in [1.29, 1.82) is 0 Å². The van der Waals surface area contributed by atoms with Crippen molar-refractivity contribution < 1.29 is 14.6 Å². The molecular weight excluding hydrogens is 404 g/mol. The Labute approximate surface area is 186 Å². The SMILES string of the molecule is CCOc1ccc(-c2nc3n(n2)C(c2ccc(O)cc2)C2=C(CC(C)(C)CC2=O)N3)cc1. The molecule has 0 fully saturated rings. The highest BCUT2D eigenvalue weighted by molar-refractivity contribution is 6.00. The Hall–Kier alpha value is -3.61. The summed E-state index contributed by atoms with van der Waals surface area (Å²) in [4.78, 5) is 18.0. The molecule has 1 unspecified atom stereocenters. The van der Waals surface area contributed by atoms with Crippen LogP contribution >= 0.6 is 0 Å². The van der Waals surface area contributed by atoms with E-state index in [9.17, 15) is 9.90 Å². The number of aromatic nitrogens is 3. The van der Waals surface area contributed by atoms with E-state index in [2.05, 4.69) is 19.2 Å². The lowest BCUT2D eigenvalue weighted by Crippen LogP contribution is -2.36. The summed E-state index contributed by atoms with van der Waals surface area (Å²) in [7, 11) is 0. The molecule has 0 radical (unpaired) electrons. The van der Waals surface area contributed by atoms with Crippen molar-refractivity contribution in [2.45, 2.75) is 39.7 Å². The van der Waals surface area contributed by atoms with E-state index in [0.29, 0.717) is 24.8 Å². The number of Topliss-reactive ketones (excluding diaryl/α,β-unsaturated/α-hetero) is 1. The van der Waals surface area contributed by atoms with Gasteiger partial charge in [-0.15, -0.1) is 5.10 Å². The molecule has 7 nitrogen and oxygen atoms in total. The van der Waals surface area contributed by atoms with Gasteiger partial charge in [0.1, 0.15) is 17.5 Å². The van der Waals surface area contributed by atoms with Crippen molar-refractivity contribution in [2.75, 3.05) is 11.9 Å². The second kappa shape index (κ2) is 7.51. The Balaban J connectivity index is 1.61. The summed E-state index contributed by atoms with van der Waals surface area (Å²) < 4.78 is 7.32. The average molecular weight is 431 g/mol. The quantitative estimate of drug-likeness (QED) is 0.623. The van der Waals surface area contributed by atoms with Gasteiger partial charge in [-0.05, 0) is 60.7 Å². The Morgan fingerprint density at radius 1 is 1.12 bits per heavy atom. The largest absolute Gasteiger partial charge is 0.508 e. The van der Waals surface area contributed by atoms with Crippen molar-refractivity contribution in [1.82, 2.24) is 14.8 Å². The number of nitrogens with one attached hydrogen (secondary N) is 1. The van der Waals surface area contributed by atoms with Crippen LogP contribution in [-0.2, 0) is 4.79 Å². The lowest BCUT2D eigenvalue weighted by molar-refractivity contribution is -0.118. The van der Waals surface area contributed by atoms with Gasteiger partial charge in [0.15, 0.2) is 11.6 Å². The summed E-state index contributed by atoms with van der Waals surface area (Å²) in [5, 5.41) is 18.0. The van der Waals surface area contributed by atoms with Crippen molar-refractivity contribution in [2.24, 2.45) is 5.41 Å². The second-order valence-corrected chi connectivity index (χ2v) is 9.11. The summed E-state index contributed by atoms with van der Waals surface area (Å²) >= 11 is 0. The zero-order chi connectivity index (χ0) is 22.5. The molecule has 5 rings (SSSR count). The van der Waals surface area contributed by atoms with Crippen LogP contribution in [-0.4, -0.2) is 32.3 Å². The molecule has 1 aromatic heterocycles. The molecule has 0 amide bonds. The number of anilines is 1. The van der Waals surface area contributed by atoms with Crippen molar-refractivity contribution >= 4 is 11.7 Å². The number of fused-ring (bicyclic) bond motifs is 1. The number of nitrogens with zero attached hydrogens (tertiary/aromatic N) is 3. The number of carbonyl (C=O) groups excluding carboxylic acids is 1.